The molecule has 0 aliphatic carbocycles. The number of thiocarbonyl (C=S) groups is 1. The van der Waals surface area contributed by atoms with Crippen LogP contribution in [0.4, 0.5) is 0 Å². The molecule has 2 aromatic carbocycles. The van der Waals surface area contributed by atoms with Crippen LogP contribution in [0.1, 0.15) is 22.3 Å². The summed E-state index contributed by atoms with van der Waals surface area (Å²) in [4.78, 5) is 15.2. The Morgan fingerprint density at radius 1 is 0.889 bits per heavy atom. The first kappa shape index (κ1) is 19.6. The van der Waals surface area contributed by atoms with Crippen LogP contribution in [0.3, 0.4) is 0 Å². The number of thioether (sulfide) groups is 1. The Morgan fingerprint density at radius 2 is 1.30 bits per heavy atom. The number of rotatable bonds is 2. The molecule has 0 unspecified atom stereocenters. The summed E-state index contributed by atoms with van der Waals surface area (Å²) in [7, 11) is 0. The number of benzene rings is 2. The molecule has 138 valence electrons. The second-order valence-corrected chi connectivity index (χ2v) is 8.26. The lowest BCUT2D eigenvalue weighted by molar-refractivity contribution is -0.113. The van der Waals surface area contributed by atoms with Crippen molar-refractivity contribution in [1.29, 1.82) is 0 Å². The Kier molecular flexibility index (Phi) is 6.30. The van der Waals surface area contributed by atoms with Gasteiger partial charge in [0.2, 0.25) is 0 Å². The van der Waals surface area contributed by atoms with E-state index in [0.29, 0.717) is 13.1 Å². The maximum absolute atomic E-state index is 13.1. The Hall–Kier alpha value is -2.17. The zero-order valence-corrected chi connectivity index (χ0v) is 17.5. The van der Waals surface area contributed by atoms with E-state index in [-0.39, 0.29) is 5.78 Å². The van der Waals surface area contributed by atoms with E-state index in [1.54, 1.807) is 11.8 Å². The van der Waals surface area contributed by atoms with Gasteiger partial charge in [0.05, 0.1) is 0 Å². The Bertz CT molecular complexity index is 841. The first-order chi connectivity index (χ1) is 13.0. The fourth-order valence-electron chi connectivity index (χ4n) is 3.03. The van der Waals surface area contributed by atoms with E-state index in [9.17, 15) is 4.79 Å². The lowest BCUT2D eigenvalue weighted by Crippen LogP contribution is -2.39. The molecule has 27 heavy (non-hydrogen) atoms. The van der Waals surface area contributed by atoms with Crippen molar-refractivity contribution in [3.05, 3.63) is 81.9 Å². The number of Topliss-reactive ketones (excluding diaryl/α,β-unsaturated/α-hetero) is 1. The van der Waals surface area contributed by atoms with Crippen LogP contribution >= 0.6 is 24.0 Å². The van der Waals surface area contributed by atoms with Gasteiger partial charge >= 0.3 is 0 Å². The molecule has 1 fully saturated rings. The molecule has 2 nitrogen and oxygen atoms in total. The van der Waals surface area contributed by atoms with Crippen LogP contribution in [-0.2, 0) is 4.79 Å². The maximum Gasteiger partial charge on any atom is 0.188 e. The number of carbonyl (C=O) groups excluding carboxylic acids is 1. The summed E-state index contributed by atoms with van der Waals surface area (Å²) in [5, 5.41) is 0. The van der Waals surface area contributed by atoms with Crippen molar-refractivity contribution in [3.8, 4) is 0 Å². The molecule has 0 amide bonds. The van der Waals surface area contributed by atoms with Gasteiger partial charge in [0.1, 0.15) is 4.32 Å². The minimum Gasteiger partial charge on any atom is -0.349 e. The molecule has 2 aromatic rings. The molecule has 0 saturated carbocycles. The third-order valence-corrected chi connectivity index (χ3v) is 5.94. The third-order valence-electron chi connectivity index (χ3n) is 4.58. The topological polar surface area (TPSA) is 20.3 Å². The van der Waals surface area contributed by atoms with Crippen molar-refractivity contribution in [3.63, 3.8) is 0 Å². The molecular formula is C23H23NOS2. The van der Waals surface area contributed by atoms with E-state index >= 15 is 0 Å². The van der Waals surface area contributed by atoms with Crippen LogP contribution in [0, 0.1) is 13.8 Å². The SMILES string of the molecule is CSC(=S)N1C/C(=C\c2ccc(C)cc2)C(=O)/C(=C/c2ccc(C)cc2)C1. The summed E-state index contributed by atoms with van der Waals surface area (Å²) in [6.45, 7) is 5.22. The highest BCUT2D eigenvalue weighted by Gasteiger charge is 2.27. The van der Waals surface area contributed by atoms with E-state index in [1.807, 2.05) is 42.7 Å². The van der Waals surface area contributed by atoms with Gasteiger partial charge in [-0.25, -0.2) is 0 Å². The predicted octanol–water partition coefficient (Wildman–Crippen LogP) is 5.30. The molecule has 0 atom stereocenters. The van der Waals surface area contributed by atoms with Gasteiger partial charge in [-0.2, -0.15) is 0 Å². The van der Waals surface area contributed by atoms with E-state index in [0.717, 1.165) is 26.6 Å². The molecule has 1 saturated heterocycles. The van der Waals surface area contributed by atoms with Gasteiger partial charge in [-0.1, -0.05) is 71.9 Å². The molecule has 4 heteroatoms. The van der Waals surface area contributed by atoms with Gasteiger partial charge in [-0.15, -0.1) is 11.8 Å². The smallest absolute Gasteiger partial charge is 0.188 e. The van der Waals surface area contributed by atoms with Gasteiger partial charge in [0.15, 0.2) is 5.78 Å². The number of nitrogens with zero attached hydrogens (tertiary/aromatic N) is 1. The average molecular weight is 394 g/mol. The molecule has 1 aliphatic rings. The van der Waals surface area contributed by atoms with Gasteiger partial charge in [-0.05, 0) is 43.4 Å². The minimum absolute atomic E-state index is 0.108. The fourth-order valence-corrected chi connectivity index (χ4v) is 3.54. The highest BCUT2D eigenvalue weighted by atomic mass is 32.2. The number of likely N-dealkylation sites (tertiary alicyclic amines) is 1. The first-order valence-electron chi connectivity index (χ1n) is 8.88. The highest BCUT2D eigenvalue weighted by molar-refractivity contribution is 8.22. The lowest BCUT2D eigenvalue weighted by Gasteiger charge is -2.31. The summed E-state index contributed by atoms with van der Waals surface area (Å²) in [5.41, 5.74) is 6.04. The van der Waals surface area contributed by atoms with Crippen LogP contribution in [-0.4, -0.2) is 34.3 Å². The fraction of sp³-hybridized carbons (Fsp3) is 0.217. The molecule has 0 bridgehead atoms. The zero-order chi connectivity index (χ0) is 19.4. The quantitative estimate of drug-likeness (QED) is 0.509. The van der Waals surface area contributed by atoms with Gasteiger partial charge in [0.25, 0.3) is 0 Å². The van der Waals surface area contributed by atoms with Crippen molar-refractivity contribution in [1.82, 2.24) is 4.90 Å². The Morgan fingerprint density at radius 3 is 1.67 bits per heavy atom. The largest absolute Gasteiger partial charge is 0.349 e. The molecule has 1 aliphatic heterocycles. The van der Waals surface area contributed by atoms with Crippen molar-refractivity contribution >= 4 is 46.2 Å². The predicted molar refractivity (Wildman–Crippen MR) is 121 cm³/mol. The number of piperidine rings is 1. The van der Waals surface area contributed by atoms with E-state index in [2.05, 4.69) is 43.0 Å². The molecular weight excluding hydrogens is 370 g/mol. The summed E-state index contributed by atoms with van der Waals surface area (Å²) in [5.74, 6) is 0.108. The van der Waals surface area contributed by atoms with Crippen LogP contribution in [0.25, 0.3) is 12.2 Å². The van der Waals surface area contributed by atoms with Gasteiger partial charge in [0, 0.05) is 24.2 Å². The Labute approximate surface area is 171 Å². The minimum atomic E-state index is 0.108. The molecule has 1 heterocycles. The lowest BCUT2D eigenvalue weighted by atomic mass is 9.94. The normalized spacial score (nSPS) is 17.6. The zero-order valence-electron chi connectivity index (χ0n) is 15.9. The van der Waals surface area contributed by atoms with Crippen LogP contribution < -0.4 is 0 Å². The molecule has 3 rings (SSSR count). The van der Waals surface area contributed by atoms with Crippen molar-refractivity contribution in [2.75, 3.05) is 19.3 Å². The molecule has 0 aromatic heterocycles. The summed E-state index contributed by atoms with van der Waals surface area (Å²) < 4.78 is 0.812. The number of hydrogen-bond donors (Lipinski definition) is 0. The highest BCUT2D eigenvalue weighted by Crippen LogP contribution is 2.24. The van der Waals surface area contributed by atoms with Crippen molar-refractivity contribution in [2.45, 2.75) is 13.8 Å². The van der Waals surface area contributed by atoms with E-state index in [4.69, 9.17) is 12.2 Å². The number of aryl methyl sites for hydroxylation is 2. The second-order valence-electron chi connectivity index (χ2n) is 6.82. The van der Waals surface area contributed by atoms with E-state index in [1.165, 1.54) is 11.1 Å². The molecule has 0 spiro atoms. The third kappa shape index (κ3) is 4.96. The van der Waals surface area contributed by atoms with Crippen molar-refractivity contribution < 1.29 is 4.79 Å². The number of ketones is 1. The first-order valence-corrected chi connectivity index (χ1v) is 10.5. The number of carbonyl (C=O) groups is 1. The van der Waals surface area contributed by atoms with Gasteiger partial charge in [-0.3, -0.25) is 4.79 Å². The summed E-state index contributed by atoms with van der Waals surface area (Å²) in [6, 6.07) is 16.4. The van der Waals surface area contributed by atoms with Crippen molar-refractivity contribution in [2.24, 2.45) is 0 Å². The van der Waals surface area contributed by atoms with Gasteiger partial charge < -0.3 is 4.90 Å². The Balaban J connectivity index is 1.97. The molecule has 0 radical (unpaired) electrons. The monoisotopic (exact) mass is 393 g/mol. The van der Waals surface area contributed by atoms with E-state index < -0.39 is 0 Å². The second kappa shape index (κ2) is 8.68. The standard InChI is InChI=1S/C23H23NOS2/c1-16-4-8-18(9-5-16)12-20-14-24(23(26)27-3)15-21(22(20)25)13-19-10-6-17(2)7-11-19/h4-13H,14-15H2,1-3H3/b20-12+,21-13+. The average Bonchev–Trinajstić information content (AvgIpc) is 2.67. The molecule has 0 N–H and O–H groups in total. The summed E-state index contributed by atoms with van der Waals surface area (Å²) in [6.07, 6.45) is 5.95. The maximum atomic E-state index is 13.1. The number of hydrogen-bond acceptors (Lipinski definition) is 3. The van der Waals surface area contributed by atoms with Crippen LogP contribution in [0.15, 0.2) is 59.7 Å². The van der Waals surface area contributed by atoms with Crippen LogP contribution in [0.5, 0.6) is 0 Å². The summed E-state index contributed by atoms with van der Waals surface area (Å²) >= 11 is 7.05. The van der Waals surface area contributed by atoms with Crippen LogP contribution in [0.2, 0.25) is 0 Å².